The van der Waals surface area contributed by atoms with Gasteiger partial charge in [-0.15, -0.1) is 0 Å². The Kier molecular flexibility index (Phi) is 21.3. The van der Waals surface area contributed by atoms with E-state index < -0.39 is 0 Å². The molecule has 0 spiro atoms. The number of H-pyrrole nitrogens is 4. The molecule has 19 rings (SSSR count). The minimum absolute atomic E-state index is 0.352. The molecule has 4 N–H and O–H groups in total. The maximum Gasteiger partial charge on any atom is 0.120 e. The van der Waals surface area contributed by atoms with E-state index in [0.717, 1.165) is 212 Å². The van der Waals surface area contributed by atoms with Gasteiger partial charge in [0.15, 0.2) is 0 Å². The van der Waals surface area contributed by atoms with Crippen molar-refractivity contribution in [3.63, 3.8) is 0 Å². The third-order valence-corrected chi connectivity index (χ3v) is 26.4. The van der Waals surface area contributed by atoms with Crippen molar-refractivity contribution in [1.29, 1.82) is 0 Å². The van der Waals surface area contributed by atoms with E-state index in [1.807, 2.05) is 0 Å². The number of hydrogen-bond acceptors (Lipinski definition) is 6. The Morgan fingerprint density at radius 3 is 0.484 bits per heavy atom. The van der Waals surface area contributed by atoms with Crippen LogP contribution in [0.15, 0.2) is 170 Å². The van der Waals surface area contributed by atoms with Crippen LogP contribution in [-0.2, 0) is 13.2 Å². The van der Waals surface area contributed by atoms with Crippen molar-refractivity contribution in [3.05, 3.63) is 349 Å². The van der Waals surface area contributed by atoms with Crippen LogP contribution in [0, 0.1) is 152 Å². The summed E-state index contributed by atoms with van der Waals surface area (Å²) in [6.07, 6.45) is 17.7. The second-order valence-corrected chi connectivity index (χ2v) is 36.9. The van der Waals surface area contributed by atoms with E-state index in [-0.39, 0.29) is 0 Å². The molecule has 0 aliphatic carbocycles. The van der Waals surface area contributed by atoms with Gasteiger partial charge < -0.3 is 29.4 Å². The average molecular weight is 1670 g/mol. The molecule has 0 fully saturated rings. The second-order valence-electron chi connectivity index (χ2n) is 36.9. The molecule has 4 aliphatic rings. The van der Waals surface area contributed by atoms with Crippen molar-refractivity contribution in [2.24, 2.45) is 0 Å². The molecule has 634 valence electrons. The zero-order valence-corrected chi connectivity index (χ0v) is 77.8. The fourth-order valence-electron chi connectivity index (χ4n) is 21.9. The molecule has 10 heterocycles. The van der Waals surface area contributed by atoms with Gasteiger partial charge in [-0.1, -0.05) is 124 Å². The topological polar surface area (TPSA) is 133 Å². The smallest absolute Gasteiger partial charge is 0.120 e. The molecule has 9 aromatic carbocycles. The molecular formula is C118H110N8O2. The second kappa shape index (κ2) is 32.6. The van der Waals surface area contributed by atoms with Gasteiger partial charge in [0.05, 0.1) is 45.6 Å². The van der Waals surface area contributed by atoms with Gasteiger partial charge in [-0.3, -0.25) is 0 Å². The van der Waals surface area contributed by atoms with Crippen LogP contribution >= 0.6 is 0 Å². The number of ether oxygens (including phenoxy) is 2. The van der Waals surface area contributed by atoms with E-state index in [1.54, 1.807) is 0 Å². The van der Waals surface area contributed by atoms with E-state index in [9.17, 15) is 0 Å². The van der Waals surface area contributed by atoms with Crippen molar-refractivity contribution >= 4 is 92.7 Å². The normalized spacial score (nSPS) is 12.2. The summed E-state index contributed by atoms with van der Waals surface area (Å²) in [7, 11) is 0. The standard InChI is InChI=1S/C118H110N8O2/c1-61-42-67(7)103(68(8)43-61)111-87-26-30-91(119-87)113(105-71(11)46-63(3)47-72(105)12)95-34-38-99(123-95)117(100-39-35-96(124-100)114(92-31-27-88(111)120-92)106-73(13)48-64(4)49-74(106)14)109-79(19)54-85(55-80(109)20)127-59-83-24-23-25-84(58-83)60-128-86-56-81(21)110(82(22)57-86)118-101-40-36-97(125-101)115(107-75(15)50-65(5)51-76(107)16)93-32-28-89(121-93)112(104-69(9)44-62(2)45-70(104)10)90-29-33-94(122-90)116(98-37-41-102(118)126-98)108-77(17)52-66(6)53-78(108)18/h23-58,119,121,124,126H,59-60H2,1-22H3. The maximum absolute atomic E-state index is 6.91. The summed E-state index contributed by atoms with van der Waals surface area (Å²) >= 11 is 0. The molecule has 0 unspecified atom stereocenters. The van der Waals surface area contributed by atoms with Crippen LogP contribution in [0.3, 0.4) is 0 Å². The fourth-order valence-corrected chi connectivity index (χ4v) is 21.9. The van der Waals surface area contributed by atoms with Crippen LogP contribution in [0.5, 0.6) is 11.5 Å². The minimum Gasteiger partial charge on any atom is -0.489 e. The Hall–Kier alpha value is -14.2. The lowest BCUT2D eigenvalue weighted by Crippen LogP contribution is -2.01. The van der Waals surface area contributed by atoms with Gasteiger partial charge in [0, 0.05) is 88.6 Å². The highest BCUT2D eigenvalue weighted by atomic mass is 16.5. The number of benzene rings is 9. The Labute approximate surface area is 752 Å². The summed E-state index contributed by atoms with van der Waals surface area (Å²) in [4.78, 5) is 39.4. The van der Waals surface area contributed by atoms with Gasteiger partial charge in [-0.25, -0.2) is 19.9 Å². The average Bonchev–Trinajstić information content (AvgIpc) is 1.60. The van der Waals surface area contributed by atoms with Crippen LogP contribution in [0.2, 0.25) is 0 Å². The predicted molar refractivity (Wildman–Crippen MR) is 541 cm³/mol. The molecule has 128 heavy (non-hydrogen) atoms. The van der Waals surface area contributed by atoms with Gasteiger partial charge >= 0.3 is 0 Å². The molecule has 0 saturated carbocycles. The van der Waals surface area contributed by atoms with E-state index in [2.05, 4.69) is 391 Å². The summed E-state index contributed by atoms with van der Waals surface area (Å²) in [5.41, 5.74) is 60.2. The number of aromatic amines is 4. The molecule has 4 aliphatic heterocycles. The van der Waals surface area contributed by atoms with Crippen LogP contribution < -0.4 is 9.47 Å². The monoisotopic (exact) mass is 1670 g/mol. The van der Waals surface area contributed by atoms with Gasteiger partial charge in [-0.05, 0) is 424 Å². The molecule has 15 aromatic rings. The van der Waals surface area contributed by atoms with E-state index >= 15 is 0 Å². The van der Waals surface area contributed by atoms with Crippen LogP contribution in [0.4, 0.5) is 0 Å². The van der Waals surface area contributed by atoms with Crippen LogP contribution in [-0.4, -0.2) is 39.9 Å². The third-order valence-electron chi connectivity index (χ3n) is 26.4. The number of aryl methyl sites for hydroxylation is 22. The zero-order chi connectivity index (χ0) is 89.4. The predicted octanol–water partition coefficient (Wildman–Crippen LogP) is 30.9. The van der Waals surface area contributed by atoms with Crippen molar-refractivity contribution in [3.8, 4) is 101 Å². The number of rotatable bonds is 14. The van der Waals surface area contributed by atoms with Crippen molar-refractivity contribution < 1.29 is 9.47 Å². The largest absolute Gasteiger partial charge is 0.489 e. The fraction of sp³-hybridized carbons (Fsp3) is 0.203. The molecule has 16 bridgehead atoms. The van der Waals surface area contributed by atoms with E-state index in [0.29, 0.717) is 13.2 Å². The van der Waals surface area contributed by atoms with Gasteiger partial charge in [0.1, 0.15) is 24.7 Å². The zero-order valence-electron chi connectivity index (χ0n) is 77.8. The first-order chi connectivity index (χ1) is 61.4. The highest BCUT2D eigenvalue weighted by Crippen LogP contribution is 2.48. The molecular weight excluding hydrogens is 1560 g/mol. The first-order valence-corrected chi connectivity index (χ1v) is 44.8. The lowest BCUT2D eigenvalue weighted by atomic mass is 9.92. The highest BCUT2D eigenvalue weighted by molar-refractivity contribution is 6.06. The van der Waals surface area contributed by atoms with Crippen LogP contribution in [0.25, 0.3) is 182 Å². The Bertz CT molecular complexity index is 7070. The van der Waals surface area contributed by atoms with Crippen molar-refractivity contribution in [2.45, 2.75) is 166 Å². The van der Waals surface area contributed by atoms with E-state index in [4.69, 9.17) is 29.4 Å². The molecule has 0 atom stereocenters. The lowest BCUT2D eigenvalue weighted by molar-refractivity contribution is 0.299. The van der Waals surface area contributed by atoms with E-state index in [1.165, 1.54) is 111 Å². The number of hydrogen-bond donors (Lipinski definition) is 4. The number of nitrogens with zero attached hydrogens (tertiary/aromatic N) is 4. The molecule has 0 saturated heterocycles. The SMILES string of the molecule is Cc1cc(C)c(-c2c3nc(c(-c4c(C)cc(C)cc4C)c4ccc([nH]4)c(-c4c(C)cc(OCc5cccc(COc6cc(C)c(-c7c8nc(c(-c9c(C)cc(C)cc9C)c9ccc([nH]9)c(-c9c(C)cc(C)cc9C)c9nc(c(-c%10c(C)cc(C)cc%10C)c%10ccc7[nH]%10)C=C9)C=C8)c(C)c6)c5)cc4C)c4nc(c(-c5c(C)cc(C)cc5C)c5ccc2[nH]5)C=C4)C=C3)c(C)c1. The number of aromatic nitrogens is 8. The summed E-state index contributed by atoms with van der Waals surface area (Å²) in [6, 6.07) is 62.7. The molecule has 6 aromatic heterocycles. The summed E-state index contributed by atoms with van der Waals surface area (Å²) in [5, 5.41) is 0. The summed E-state index contributed by atoms with van der Waals surface area (Å²) < 4.78 is 13.8. The summed E-state index contributed by atoms with van der Waals surface area (Å²) in [5.74, 6) is 1.56. The highest BCUT2D eigenvalue weighted by Gasteiger charge is 2.29. The van der Waals surface area contributed by atoms with Gasteiger partial charge in [0.25, 0.3) is 0 Å². The molecule has 0 amide bonds. The molecule has 10 nitrogen and oxygen atoms in total. The van der Waals surface area contributed by atoms with Crippen molar-refractivity contribution in [2.75, 3.05) is 0 Å². The van der Waals surface area contributed by atoms with Crippen LogP contribution in [0.1, 0.15) is 179 Å². The summed E-state index contributed by atoms with van der Waals surface area (Å²) in [6.45, 7) is 49.3. The first-order valence-electron chi connectivity index (χ1n) is 44.8. The number of fused-ring (bicyclic) bond motifs is 16. The Balaban J connectivity index is 0.689. The first kappa shape index (κ1) is 83.3. The lowest BCUT2D eigenvalue weighted by Gasteiger charge is -2.16. The molecule has 10 heteroatoms. The minimum atomic E-state index is 0.352. The van der Waals surface area contributed by atoms with Gasteiger partial charge in [-0.2, -0.15) is 0 Å². The third kappa shape index (κ3) is 15.1. The Morgan fingerprint density at radius 2 is 0.328 bits per heavy atom. The van der Waals surface area contributed by atoms with Crippen molar-refractivity contribution in [1.82, 2.24) is 39.9 Å². The number of nitrogens with one attached hydrogen (secondary N) is 4. The Morgan fingerprint density at radius 1 is 0.180 bits per heavy atom. The molecule has 0 radical (unpaired) electrons. The maximum atomic E-state index is 6.91. The van der Waals surface area contributed by atoms with Gasteiger partial charge in [0.2, 0.25) is 0 Å². The quantitative estimate of drug-likeness (QED) is 0.0857.